The highest BCUT2D eigenvalue weighted by atomic mass is 19.4. The summed E-state index contributed by atoms with van der Waals surface area (Å²) in [6, 6.07) is 9.31. The van der Waals surface area contributed by atoms with E-state index in [0.29, 0.717) is 30.0 Å². The van der Waals surface area contributed by atoms with Gasteiger partial charge in [-0.05, 0) is 49.9 Å². The fourth-order valence-electron chi connectivity index (χ4n) is 4.22. The number of piperidine rings is 1. The number of rotatable bonds is 5. The zero-order valence-corrected chi connectivity index (χ0v) is 18.9. The summed E-state index contributed by atoms with van der Waals surface area (Å²) in [6.07, 6.45) is 0.541. The van der Waals surface area contributed by atoms with Crippen molar-refractivity contribution >= 4 is 11.7 Å². The smallest absolute Gasteiger partial charge is 0.367 e. The molecule has 1 unspecified atom stereocenters. The van der Waals surface area contributed by atoms with E-state index in [9.17, 15) is 18.0 Å². The van der Waals surface area contributed by atoms with Crippen LogP contribution >= 0.6 is 0 Å². The SMILES string of the molecule is Cc1ccc(-c2ncccn2)c(C(=O)N2CCCC(C)[C@H]2CNc2ccc(C(F)(F)F)nn2)c1. The number of amides is 1. The zero-order valence-electron chi connectivity index (χ0n) is 18.9. The normalized spacial score (nSPS) is 18.6. The second-order valence-electron chi connectivity index (χ2n) is 8.49. The van der Waals surface area contributed by atoms with Gasteiger partial charge in [0.1, 0.15) is 5.82 Å². The molecule has 0 bridgehead atoms. The third-order valence-electron chi connectivity index (χ3n) is 6.04. The number of halogens is 3. The minimum absolute atomic E-state index is 0.122. The minimum Gasteiger partial charge on any atom is -0.367 e. The fraction of sp³-hybridized carbons (Fsp3) is 0.375. The van der Waals surface area contributed by atoms with E-state index < -0.39 is 11.9 Å². The van der Waals surface area contributed by atoms with E-state index in [-0.39, 0.29) is 23.7 Å². The van der Waals surface area contributed by atoms with Crippen LogP contribution in [0.25, 0.3) is 11.4 Å². The Morgan fingerprint density at radius 1 is 1.15 bits per heavy atom. The van der Waals surface area contributed by atoms with Crippen LogP contribution in [0.5, 0.6) is 0 Å². The van der Waals surface area contributed by atoms with Gasteiger partial charge in [-0.1, -0.05) is 24.6 Å². The molecular weight excluding hydrogens is 445 g/mol. The molecule has 1 aromatic carbocycles. The standard InChI is InChI=1S/C24H25F3N6O/c1-15-6-7-17(22-28-10-4-11-29-22)18(13-15)23(34)33-12-3-5-16(2)19(33)14-30-21-9-8-20(31-32-21)24(25,26)27/h4,6-11,13,16,19H,3,5,12,14H2,1-2H3,(H,30,32)/t16?,19-/m1/s1. The molecule has 0 saturated carbocycles. The Kier molecular flexibility index (Phi) is 6.76. The number of likely N-dealkylation sites (tertiary alicyclic amines) is 1. The highest BCUT2D eigenvalue weighted by molar-refractivity contribution is 6.00. The molecule has 1 aliphatic rings. The molecule has 1 fully saturated rings. The van der Waals surface area contributed by atoms with Crippen molar-refractivity contribution in [2.75, 3.05) is 18.4 Å². The van der Waals surface area contributed by atoms with Crippen LogP contribution in [-0.4, -0.2) is 50.1 Å². The van der Waals surface area contributed by atoms with Crippen molar-refractivity contribution in [3.63, 3.8) is 0 Å². The summed E-state index contributed by atoms with van der Waals surface area (Å²) in [7, 11) is 0. The predicted octanol–water partition coefficient (Wildman–Crippen LogP) is 4.61. The molecule has 0 radical (unpaired) electrons. The number of hydrogen-bond donors (Lipinski definition) is 1. The molecule has 0 aliphatic carbocycles. The molecular formula is C24H25F3N6O. The quantitative estimate of drug-likeness (QED) is 0.586. The first kappa shape index (κ1) is 23.6. The molecule has 3 heterocycles. The van der Waals surface area contributed by atoms with Crippen LogP contribution in [0.3, 0.4) is 0 Å². The topological polar surface area (TPSA) is 83.9 Å². The molecule has 0 spiro atoms. The number of aryl methyl sites for hydroxylation is 1. The van der Waals surface area contributed by atoms with Gasteiger partial charge < -0.3 is 10.2 Å². The maximum Gasteiger partial charge on any atom is 0.435 e. The number of aromatic nitrogens is 4. The molecule has 4 rings (SSSR count). The Bertz CT molecular complexity index is 1140. The van der Waals surface area contributed by atoms with Crippen LogP contribution < -0.4 is 5.32 Å². The van der Waals surface area contributed by atoms with Crippen molar-refractivity contribution in [3.05, 3.63) is 65.6 Å². The molecule has 1 amide bonds. The lowest BCUT2D eigenvalue weighted by Gasteiger charge is -2.40. The van der Waals surface area contributed by atoms with E-state index in [4.69, 9.17) is 0 Å². The van der Waals surface area contributed by atoms with E-state index in [2.05, 4.69) is 32.4 Å². The number of nitrogens with one attached hydrogen (secondary N) is 1. The van der Waals surface area contributed by atoms with Crippen LogP contribution in [0.15, 0.2) is 48.8 Å². The molecule has 1 saturated heterocycles. The second-order valence-corrected chi connectivity index (χ2v) is 8.49. The molecule has 10 heteroatoms. The summed E-state index contributed by atoms with van der Waals surface area (Å²) in [4.78, 5) is 24.2. The van der Waals surface area contributed by atoms with Crippen LogP contribution in [0.1, 0.15) is 41.4 Å². The molecule has 178 valence electrons. The van der Waals surface area contributed by atoms with Crippen molar-refractivity contribution in [2.24, 2.45) is 5.92 Å². The Hall–Kier alpha value is -3.56. The number of anilines is 1. The van der Waals surface area contributed by atoms with Gasteiger partial charge in [-0.2, -0.15) is 13.2 Å². The van der Waals surface area contributed by atoms with Crippen LogP contribution in [0.2, 0.25) is 0 Å². The third kappa shape index (κ3) is 5.16. The maximum absolute atomic E-state index is 13.8. The first-order valence-electron chi connectivity index (χ1n) is 11.1. The molecule has 2 atom stereocenters. The summed E-state index contributed by atoms with van der Waals surface area (Å²) in [5.74, 6) is 0.773. The van der Waals surface area contributed by atoms with Gasteiger partial charge in [-0.15, -0.1) is 10.2 Å². The predicted molar refractivity (Wildman–Crippen MR) is 121 cm³/mol. The van der Waals surface area contributed by atoms with Crippen LogP contribution in [0, 0.1) is 12.8 Å². The average Bonchev–Trinajstić information content (AvgIpc) is 2.83. The molecule has 3 aromatic rings. The van der Waals surface area contributed by atoms with E-state index in [1.807, 2.05) is 30.0 Å². The lowest BCUT2D eigenvalue weighted by Crippen LogP contribution is -2.51. The van der Waals surface area contributed by atoms with Gasteiger partial charge in [0.2, 0.25) is 0 Å². The number of carbonyl (C=O) groups excluding carboxylic acids is 1. The highest BCUT2D eigenvalue weighted by Gasteiger charge is 2.34. The monoisotopic (exact) mass is 470 g/mol. The zero-order chi connectivity index (χ0) is 24.3. The Morgan fingerprint density at radius 2 is 1.91 bits per heavy atom. The molecule has 1 aliphatic heterocycles. The average molecular weight is 470 g/mol. The third-order valence-corrected chi connectivity index (χ3v) is 6.04. The fourth-order valence-corrected chi connectivity index (χ4v) is 4.22. The van der Waals surface area contributed by atoms with E-state index in [0.717, 1.165) is 24.5 Å². The number of nitrogens with zero attached hydrogens (tertiary/aromatic N) is 5. The summed E-state index contributed by atoms with van der Waals surface area (Å²) >= 11 is 0. The van der Waals surface area contributed by atoms with Gasteiger partial charge in [0.05, 0.1) is 11.6 Å². The highest BCUT2D eigenvalue weighted by Crippen LogP contribution is 2.30. The number of benzene rings is 1. The van der Waals surface area contributed by atoms with E-state index in [1.165, 1.54) is 6.07 Å². The van der Waals surface area contributed by atoms with Crippen LogP contribution in [-0.2, 0) is 6.18 Å². The Labute approximate surface area is 195 Å². The van der Waals surface area contributed by atoms with E-state index in [1.54, 1.807) is 18.5 Å². The van der Waals surface area contributed by atoms with Crippen molar-refractivity contribution in [3.8, 4) is 11.4 Å². The lowest BCUT2D eigenvalue weighted by molar-refractivity contribution is -0.141. The van der Waals surface area contributed by atoms with Crippen molar-refractivity contribution < 1.29 is 18.0 Å². The van der Waals surface area contributed by atoms with E-state index >= 15 is 0 Å². The van der Waals surface area contributed by atoms with Gasteiger partial charge in [0.25, 0.3) is 5.91 Å². The van der Waals surface area contributed by atoms with Gasteiger partial charge in [-0.3, -0.25) is 4.79 Å². The molecule has 34 heavy (non-hydrogen) atoms. The Balaban J connectivity index is 1.57. The van der Waals surface area contributed by atoms with Crippen LogP contribution in [0.4, 0.5) is 19.0 Å². The molecule has 7 nitrogen and oxygen atoms in total. The first-order chi connectivity index (χ1) is 16.2. The summed E-state index contributed by atoms with van der Waals surface area (Å²) in [6.45, 7) is 4.92. The molecule has 1 N–H and O–H groups in total. The number of alkyl halides is 3. The maximum atomic E-state index is 13.8. The summed E-state index contributed by atoms with van der Waals surface area (Å²) < 4.78 is 38.3. The minimum atomic E-state index is -4.54. The van der Waals surface area contributed by atoms with Gasteiger partial charge in [0.15, 0.2) is 11.5 Å². The lowest BCUT2D eigenvalue weighted by atomic mass is 9.89. The number of hydrogen-bond acceptors (Lipinski definition) is 6. The molecule has 2 aromatic heterocycles. The first-order valence-corrected chi connectivity index (χ1v) is 11.1. The van der Waals surface area contributed by atoms with Gasteiger partial charge in [-0.25, -0.2) is 9.97 Å². The second kappa shape index (κ2) is 9.74. The van der Waals surface area contributed by atoms with Crippen molar-refractivity contribution in [1.29, 1.82) is 0 Å². The number of carbonyl (C=O) groups is 1. The largest absolute Gasteiger partial charge is 0.435 e. The van der Waals surface area contributed by atoms with Gasteiger partial charge in [0, 0.05) is 31.0 Å². The van der Waals surface area contributed by atoms with Crippen molar-refractivity contribution in [2.45, 2.75) is 38.9 Å². The summed E-state index contributed by atoms with van der Waals surface area (Å²) in [5, 5.41) is 9.96. The van der Waals surface area contributed by atoms with Crippen molar-refractivity contribution in [1.82, 2.24) is 25.1 Å². The Morgan fingerprint density at radius 3 is 2.59 bits per heavy atom. The summed E-state index contributed by atoms with van der Waals surface area (Å²) in [5.41, 5.74) is 1.09. The van der Waals surface area contributed by atoms with Gasteiger partial charge >= 0.3 is 6.18 Å².